The first-order valence-corrected chi connectivity index (χ1v) is 6.86. The van der Waals surface area contributed by atoms with Crippen LogP contribution in [0.15, 0.2) is 12.1 Å². The van der Waals surface area contributed by atoms with Crippen LogP contribution in [0, 0.1) is 0 Å². The summed E-state index contributed by atoms with van der Waals surface area (Å²) in [6.07, 6.45) is -1.17. The smallest absolute Gasteiger partial charge is 0.339 e. The van der Waals surface area contributed by atoms with Gasteiger partial charge < -0.3 is 19.5 Å². The van der Waals surface area contributed by atoms with Crippen LogP contribution in [0.2, 0.25) is 5.02 Å². The highest BCUT2D eigenvalue weighted by molar-refractivity contribution is 6.32. The molecule has 2 N–H and O–H groups in total. The van der Waals surface area contributed by atoms with Crippen molar-refractivity contribution in [2.45, 2.75) is 13.0 Å². The Labute approximate surface area is 138 Å². The quantitative estimate of drug-likeness (QED) is 0.782. The molecule has 126 valence electrons. The van der Waals surface area contributed by atoms with Crippen molar-refractivity contribution in [1.29, 1.82) is 0 Å². The summed E-state index contributed by atoms with van der Waals surface area (Å²) in [6.45, 7) is 1.33. The first-order chi connectivity index (χ1) is 10.8. The molecular formula is C14H17ClN2O6. The van der Waals surface area contributed by atoms with E-state index < -0.39 is 24.0 Å². The van der Waals surface area contributed by atoms with Crippen molar-refractivity contribution in [3.05, 3.63) is 22.7 Å². The van der Waals surface area contributed by atoms with Crippen LogP contribution in [0.1, 0.15) is 17.3 Å². The number of nitrogens with one attached hydrogen (secondary N) is 2. The van der Waals surface area contributed by atoms with Crippen molar-refractivity contribution in [3.8, 4) is 11.5 Å². The standard InChI is InChI=1S/C14H17ClN2O6/c1-7(12(18)17-14(20)16-2)23-13(19)8-5-9(15)11(22-4)10(6-8)21-3/h5-7H,1-4H3,(H2,16,17,18,20)/t7-/m1/s1. The van der Waals surface area contributed by atoms with Crippen LogP contribution in [0.3, 0.4) is 0 Å². The molecule has 23 heavy (non-hydrogen) atoms. The summed E-state index contributed by atoms with van der Waals surface area (Å²) in [5.41, 5.74) is 0.0762. The van der Waals surface area contributed by atoms with Crippen LogP contribution in [-0.4, -0.2) is 45.3 Å². The molecule has 0 heterocycles. The zero-order chi connectivity index (χ0) is 17.6. The Kier molecular flexibility index (Phi) is 6.65. The van der Waals surface area contributed by atoms with Crippen molar-refractivity contribution in [2.75, 3.05) is 21.3 Å². The topological polar surface area (TPSA) is 103 Å². The number of imide groups is 1. The normalized spacial score (nSPS) is 11.2. The Morgan fingerprint density at radius 3 is 2.35 bits per heavy atom. The third-order valence-electron chi connectivity index (χ3n) is 2.79. The first-order valence-electron chi connectivity index (χ1n) is 6.49. The number of urea groups is 1. The minimum Gasteiger partial charge on any atom is -0.493 e. The van der Waals surface area contributed by atoms with E-state index in [9.17, 15) is 14.4 Å². The molecule has 0 saturated heterocycles. The number of carbonyl (C=O) groups is 3. The zero-order valence-electron chi connectivity index (χ0n) is 13.1. The molecule has 0 aliphatic heterocycles. The van der Waals surface area contributed by atoms with Crippen LogP contribution in [0.25, 0.3) is 0 Å². The van der Waals surface area contributed by atoms with Crippen molar-refractivity contribution in [2.24, 2.45) is 0 Å². The summed E-state index contributed by atoms with van der Waals surface area (Å²) in [5.74, 6) is -1.04. The second-order valence-corrected chi connectivity index (χ2v) is 4.72. The molecule has 0 aliphatic rings. The van der Waals surface area contributed by atoms with E-state index in [-0.39, 0.29) is 22.1 Å². The Morgan fingerprint density at radius 2 is 1.83 bits per heavy atom. The lowest BCUT2D eigenvalue weighted by Crippen LogP contribution is -2.43. The molecule has 0 fully saturated rings. The van der Waals surface area contributed by atoms with E-state index in [0.717, 1.165) is 0 Å². The molecule has 0 spiro atoms. The van der Waals surface area contributed by atoms with Gasteiger partial charge in [-0.1, -0.05) is 11.6 Å². The molecule has 0 aromatic heterocycles. The van der Waals surface area contributed by atoms with Gasteiger partial charge >= 0.3 is 12.0 Å². The van der Waals surface area contributed by atoms with Crippen LogP contribution in [0.5, 0.6) is 11.5 Å². The van der Waals surface area contributed by atoms with Crippen LogP contribution < -0.4 is 20.1 Å². The van der Waals surface area contributed by atoms with E-state index in [4.69, 9.17) is 25.8 Å². The van der Waals surface area contributed by atoms with E-state index in [0.29, 0.717) is 0 Å². The predicted octanol–water partition coefficient (Wildman–Crippen LogP) is 1.36. The van der Waals surface area contributed by atoms with E-state index in [1.165, 1.54) is 40.3 Å². The molecule has 0 bridgehead atoms. The maximum absolute atomic E-state index is 12.1. The van der Waals surface area contributed by atoms with Crippen molar-refractivity contribution in [1.82, 2.24) is 10.6 Å². The third kappa shape index (κ3) is 4.75. The predicted molar refractivity (Wildman–Crippen MR) is 82.0 cm³/mol. The lowest BCUT2D eigenvalue weighted by Gasteiger charge is -2.14. The van der Waals surface area contributed by atoms with Gasteiger partial charge in [-0.3, -0.25) is 10.1 Å². The van der Waals surface area contributed by atoms with E-state index in [1.54, 1.807) is 0 Å². The molecule has 1 atom stereocenters. The monoisotopic (exact) mass is 344 g/mol. The summed E-state index contributed by atoms with van der Waals surface area (Å²) < 4.78 is 15.1. The molecule has 0 unspecified atom stereocenters. The number of rotatable bonds is 5. The van der Waals surface area contributed by atoms with Gasteiger partial charge in [0.1, 0.15) is 0 Å². The molecule has 3 amide bonds. The summed E-state index contributed by atoms with van der Waals surface area (Å²) in [5, 5.41) is 4.37. The lowest BCUT2D eigenvalue weighted by molar-refractivity contribution is -0.127. The first kappa shape index (κ1) is 18.6. The lowest BCUT2D eigenvalue weighted by atomic mass is 10.2. The third-order valence-corrected chi connectivity index (χ3v) is 3.07. The summed E-state index contributed by atoms with van der Waals surface area (Å²) in [4.78, 5) is 34.8. The Balaban J connectivity index is 2.88. The van der Waals surface area contributed by atoms with Gasteiger partial charge in [-0.15, -0.1) is 0 Å². The molecule has 1 aromatic carbocycles. The molecule has 1 aromatic rings. The van der Waals surface area contributed by atoms with E-state index >= 15 is 0 Å². The highest BCUT2D eigenvalue weighted by Gasteiger charge is 2.22. The molecule has 8 nitrogen and oxygen atoms in total. The zero-order valence-corrected chi connectivity index (χ0v) is 13.8. The van der Waals surface area contributed by atoms with E-state index in [2.05, 4.69) is 5.32 Å². The van der Waals surface area contributed by atoms with Gasteiger partial charge in [0.2, 0.25) is 0 Å². The van der Waals surface area contributed by atoms with Gasteiger partial charge in [0.05, 0.1) is 24.8 Å². The number of methoxy groups -OCH3 is 2. The maximum Gasteiger partial charge on any atom is 0.339 e. The van der Waals surface area contributed by atoms with Gasteiger partial charge in [-0.25, -0.2) is 9.59 Å². The van der Waals surface area contributed by atoms with Crippen molar-refractivity contribution < 1.29 is 28.6 Å². The average molecular weight is 345 g/mol. The molecule has 1 rings (SSSR count). The Hall–Kier alpha value is -2.48. The second kappa shape index (κ2) is 8.23. The van der Waals surface area contributed by atoms with Gasteiger partial charge in [0, 0.05) is 7.05 Å². The number of benzene rings is 1. The van der Waals surface area contributed by atoms with Crippen LogP contribution in [-0.2, 0) is 9.53 Å². The van der Waals surface area contributed by atoms with Gasteiger partial charge in [-0.2, -0.15) is 0 Å². The Morgan fingerprint density at radius 1 is 1.17 bits per heavy atom. The highest BCUT2D eigenvalue weighted by Crippen LogP contribution is 2.36. The van der Waals surface area contributed by atoms with Crippen LogP contribution >= 0.6 is 11.6 Å². The SMILES string of the molecule is CNC(=O)NC(=O)[C@@H](C)OC(=O)c1cc(Cl)c(OC)c(OC)c1. The largest absolute Gasteiger partial charge is 0.493 e. The number of amides is 3. The van der Waals surface area contributed by atoms with E-state index in [1.807, 2.05) is 5.32 Å². The second-order valence-electron chi connectivity index (χ2n) is 4.31. The molecule has 0 aliphatic carbocycles. The number of carbonyl (C=O) groups excluding carboxylic acids is 3. The molecule has 0 saturated carbocycles. The molecule has 0 radical (unpaired) electrons. The van der Waals surface area contributed by atoms with Crippen LogP contribution in [0.4, 0.5) is 4.79 Å². The average Bonchev–Trinajstić information content (AvgIpc) is 2.53. The van der Waals surface area contributed by atoms with Gasteiger partial charge in [0.25, 0.3) is 5.91 Å². The number of ether oxygens (including phenoxy) is 3. The fourth-order valence-electron chi connectivity index (χ4n) is 1.59. The summed E-state index contributed by atoms with van der Waals surface area (Å²) >= 11 is 6.00. The number of halogens is 1. The number of hydrogen-bond donors (Lipinski definition) is 2. The number of hydrogen-bond acceptors (Lipinski definition) is 6. The van der Waals surface area contributed by atoms with Crippen molar-refractivity contribution >= 4 is 29.5 Å². The maximum atomic E-state index is 12.1. The fourth-order valence-corrected chi connectivity index (χ4v) is 1.88. The van der Waals surface area contributed by atoms with Gasteiger partial charge in [0.15, 0.2) is 17.6 Å². The molecular weight excluding hydrogens is 328 g/mol. The highest BCUT2D eigenvalue weighted by atomic mass is 35.5. The Bertz CT molecular complexity index is 620. The fraction of sp³-hybridized carbons (Fsp3) is 0.357. The number of esters is 1. The molecule has 9 heteroatoms. The minimum absolute atomic E-state index is 0.0762. The van der Waals surface area contributed by atoms with Crippen molar-refractivity contribution in [3.63, 3.8) is 0 Å². The minimum atomic E-state index is -1.17. The van der Waals surface area contributed by atoms with Gasteiger partial charge in [-0.05, 0) is 19.1 Å². The summed E-state index contributed by atoms with van der Waals surface area (Å²) in [6, 6.07) is 2.00. The summed E-state index contributed by atoms with van der Waals surface area (Å²) in [7, 11) is 4.15.